The highest BCUT2D eigenvalue weighted by Crippen LogP contribution is 2.21. The number of piperazine rings is 1. The molecule has 0 radical (unpaired) electrons. The number of nitrogens with zero attached hydrogens (tertiary/aromatic N) is 3. The van der Waals surface area contributed by atoms with Gasteiger partial charge >= 0.3 is 0 Å². The van der Waals surface area contributed by atoms with E-state index in [2.05, 4.69) is 38.2 Å². The van der Waals surface area contributed by atoms with Crippen LogP contribution < -0.4 is 5.32 Å². The molecule has 1 atom stereocenters. The molecule has 2 amide bonds. The number of hydrogen-bond acceptors (Lipinski definition) is 4. The molecule has 6 nitrogen and oxygen atoms in total. The Morgan fingerprint density at radius 1 is 1.24 bits per heavy atom. The lowest BCUT2D eigenvalue weighted by Gasteiger charge is -2.37. The molecular weight excluding hydrogens is 316 g/mol. The van der Waals surface area contributed by atoms with E-state index in [1.165, 1.54) is 6.42 Å². The Morgan fingerprint density at radius 3 is 2.52 bits per heavy atom. The first-order chi connectivity index (χ1) is 11.9. The summed E-state index contributed by atoms with van der Waals surface area (Å²) in [6.45, 7) is 8.71. The smallest absolute Gasteiger partial charge is 0.242 e. The van der Waals surface area contributed by atoms with Gasteiger partial charge in [-0.1, -0.05) is 13.8 Å². The summed E-state index contributed by atoms with van der Waals surface area (Å²) in [7, 11) is 4.21. The van der Waals surface area contributed by atoms with E-state index in [-0.39, 0.29) is 24.4 Å². The topological polar surface area (TPSA) is 55.9 Å². The third-order valence-corrected chi connectivity index (χ3v) is 5.37. The maximum Gasteiger partial charge on any atom is 0.242 e. The van der Waals surface area contributed by atoms with Crippen LogP contribution in [0.3, 0.4) is 0 Å². The van der Waals surface area contributed by atoms with Gasteiger partial charge in [0.05, 0.1) is 12.6 Å². The fourth-order valence-corrected chi connectivity index (χ4v) is 3.78. The van der Waals surface area contributed by atoms with Gasteiger partial charge in [0.1, 0.15) is 0 Å². The van der Waals surface area contributed by atoms with Gasteiger partial charge in [0.25, 0.3) is 0 Å². The second kappa shape index (κ2) is 9.53. The van der Waals surface area contributed by atoms with E-state index in [0.717, 1.165) is 51.4 Å². The average Bonchev–Trinajstić information content (AvgIpc) is 2.56. The molecule has 0 spiro atoms. The lowest BCUT2D eigenvalue weighted by molar-refractivity contribution is -0.144. The molecule has 2 aliphatic heterocycles. The van der Waals surface area contributed by atoms with Gasteiger partial charge in [-0.2, -0.15) is 0 Å². The standard InChI is InChI=1S/C19H36N4O2/c1-15(2)13-17-19(25)23(12-8-20-17)14-18(24)22-10-6-16(7-11-22)5-9-21(3)4/h15-17,20H,5-14H2,1-4H3. The Bertz CT molecular complexity index is 445. The monoisotopic (exact) mass is 352 g/mol. The number of hydrogen-bond donors (Lipinski definition) is 1. The van der Waals surface area contributed by atoms with E-state index in [1.54, 1.807) is 4.90 Å². The molecule has 2 rings (SSSR count). The first-order valence-electron chi connectivity index (χ1n) is 9.81. The minimum atomic E-state index is -0.127. The first-order valence-corrected chi connectivity index (χ1v) is 9.81. The summed E-state index contributed by atoms with van der Waals surface area (Å²) >= 11 is 0. The van der Waals surface area contributed by atoms with Gasteiger partial charge < -0.3 is 20.0 Å². The van der Waals surface area contributed by atoms with Crippen LogP contribution in [0, 0.1) is 11.8 Å². The van der Waals surface area contributed by atoms with Crippen molar-refractivity contribution >= 4 is 11.8 Å². The quantitative estimate of drug-likeness (QED) is 0.743. The predicted molar refractivity (Wildman–Crippen MR) is 100 cm³/mol. The molecule has 0 bridgehead atoms. The predicted octanol–water partition coefficient (Wildman–Crippen LogP) is 1.02. The summed E-state index contributed by atoms with van der Waals surface area (Å²) in [6.07, 6.45) is 4.22. The second-order valence-electron chi connectivity index (χ2n) is 8.31. The molecule has 25 heavy (non-hydrogen) atoms. The van der Waals surface area contributed by atoms with Gasteiger partial charge in [0, 0.05) is 26.2 Å². The van der Waals surface area contributed by atoms with E-state index in [0.29, 0.717) is 12.5 Å². The van der Waals surface area contributed by atoms with Crippen molar-refractivity contribution in [3.05, 3.63) is 0 Å². The van der Waals surface area contributed by atoms with E-state index in [1.807, 2.05) is 4.90 Å². The fraction of sp³-hybridized carbons (Fsp3) is 0.895. The molecule has 2 heterocycles. The van der Waals surface area contributed by atoms with Crippen LogP contribution in [-0.4, -0.2) is 85.9 Å². The number of carbonyl (C=O) groups is 2. The summed E-state index contributed by atoms with van der Waals surface area (Å²) in [6, 6.07) is -0.127. The molecule has 0 aromatic heterocycles. The third kappa shape index (κ3) is 6.26. The zero-order valence-corrected chi connectivity index (χ0v) is 16.5. The molecule has 2 fully saturated rings. The van der Waals surface area contributed by atoms with Gasteiger partial charge in [-0.25, -0.2) is 0 Å². The van der Waals surface area contributed by atoms with Crippen LogP contribution in [0.2, 0.25) is 0 Å². The molecule has 0 saturated carbocycles. The molecule has 144 valence electrons. The lowest BCUT2D eigenvalue weighted by Crippen LogP contribution is -2.57. The number of likely N-dealkylation sites (tertiary alicyclic amines) is 1. The van der Waals surface area contributed by atoms with Gasteiger partial charge in [-0.05, 0) is 58.2 Å². The molecular formula is C19H36N4O2. The van der Waals surface area contributed by atoms with Crippen molar-refractivity contribution in [1.29, 1.82) is 0 Å². The number of carbonyl (C=O) groups excluding carboxylic acids is 2. The Hall–Kier alpha value is -1.14. The summed E-state index contributed by atoms with van der Waals surface area (Å²) in [5.41, 5.74) is 0. The van der Waals surface area contributed by atoms with Crippen molar-refractivity contribution in [2.45, 2.75) is 45.6 Å². The van der Waals surface area contributed by atoms with Gasteiger partial charge in [0.15, 0.2) is 0 Å². The Balaban J connectivity index is 1.77. The van der Waals surface area contributed by atoms with Crippen LogP contribution in [0.4, 0.5) is 0 Å². The van der Waals surface area contributed by atoms with Crippen LogP contribution in [0.25, 0.3) is 0 Å². The zero-order valence-electron chi connectivity index (χ0n) is 16.5. The fourth-order valence-electron chi connectivity index (χ4n) is 3.78. The molecule has 0 aliphatic carbocycles. The van der Waals surface area contributed by atoms with E-state index in [4.69, 9.17) is 0 Å². The molecule has 6 heteroatoms. The highest BCUT2D eigenvalue weighted by atomic mass is 16.2. The summed E-state index contributed by atoms with van der Waals surface area (Å²) in [5, 5.41) is 3.29. The van der Waals surface area contributed by atoms with E-state index < -0.39 is 0 Å². The normalized spacial score (nSPS) is 23.0. The van der Waals surface area contributed by atoms with Gasteiger partial charge in [0.2, 0.25) is 11.8 Å². The van der Waals surface area contributed by atoms with Crippen LogP contribution in [-0.2, 0) is 9.59 Å². The largest absolute Gasteiger partial charge is 0.341 e. The van der Waals surface area contributed by atoms with Crippen molar-refractivity contribution in [2.24, 2.45) is 11.8 Å². The molecule has 1 unspecified atom stereocenters. The summed E-state index contributed by atoms with van der Waals surface area (Å²) in [4.78, 5) is 31.1. The van der Waals surface area contributed by atoms with Gasteiger partial charge in [-0.3, -0.25) is 9.59 Å². The van der Waals surface area contributed by atoms with Crippen molar-refractivity contribution in [3.8, 4) is 0 Å². The maximum atomic E-state index is 12.6. The van der Waals surface area contributed by atoms with Crippen molar-refractivity contribution < 1.29 is 9.59 Å². The Morgan fingerprint density at radius 2 is 1.92 bits per heavy atom. The lowest BCUT2D eigenvalue weighted by atomic mass is 9.93. The van der Waals surface area contributed by atoms with E-state index in [9.17, 15) is 9.59 Å². The number of piperidine rings is 1. The molecule has 0 aromatic rings. The molecule has 2 aliphatic rings. The van der Waals surface area contributed by atoms with Crippen LogP contribution in [0.5, 0.6) is 0 Å². The highest BCUT2D eigenvalue weighted by Gasteiger charge is 2.31. The molecule has 0 aromatic carbocycles. The second-order valence-corrected chi connectivity index (χ2v) is 8.31. The third-order valence-electron chi connectivity index (χ3n) is 5.37. The Labute approximate surface area is 152 Å². The molecule has 1 N–H and O–H groups in total. The summed E-state index contributed by atoms with van der Waals surface area (Å²) in [5.74, 6) is 1.40. The number of amides is 2. The number of rotatable bonds is 7. The van der Waals surface area contributed by atoms with Crippen LogP contribution >= 0.6 is 0 Å². The molecule has 2 saturated heterocycles. The van der Waals surface area contributed by atoms with Gasteiger partial charge in [-0.15, -0.1) is 0 Å². The maximum absolute atomic E-state index is 12.6. The zero-order chi connectivity index (χ0) is 18.4. The SMILES string of the molecule is CC(C)CC1NCCN(CC(=O)N2CCC(CCN(C)C)CC2)C1=O. The van der Waals surface area contributed by atoms with Crippen molar-refractivity contribution in [3.63, 3.8) is 0 Å². The van der Waals surface area contributed by atoms with Crippen LogP contribution in [0.15, 0.2) is 0 Å². The summed E-state index contributed by atoms with van der Waals surface area (Å²) < 4.78 is 0. The number of nitrogens with one attached hydrogen (secondary N) is 1. The minimum absolute atomic E-state index is 0.0918. The minimum Gasteiger partial charge on any atom is -0.341 e. The highest BCUT2D eigenvalue weighted by molar-refractivity contribution is 5.88. The first kappa shape index (κ1) is 20.2. The van der Waals surface area contributed by atoms with E-state index >= 15 is 0 Å². The average molecular weight is 353 g/mol. The Kier molecular flexibility index (Phi) is 7.69. The van der Waals surface area contributed by atoms with Crippen molar-refractivity contribution in [2.75, 3.05) is 53.4 Å². The van der Waals surface area contributed by atoms with Crippen molar-refractivity contribution in [1.82, 2.24) is 20.0 Å². The van der Waals surface area contributed by atoms with Crippen LogP contribution in [0.1, 0.15) is 39.5 Å².